The molecule has 0 atom stereocenters. The van der Waals surface area contributed by atoms with Crippen LogP contribution in [-0.2, 0) is 23.9 Å². The van der Waals surface area contributed by atoms with Crippen molar-refractivity contribution in [2.24, 2.45) is 5.73 Å². The van der Waals surface area contributed by atoms with E-state index in [9.17, 15) is 59.9 Å². The van der Waals surface area contributed by atoms with E-state index in [0.29, 0.717) is 44.7 Å². The number of carboxylic acid groups (broad SMARTS) is 1. The molecule has 92 heavy (non-hydrogen) atoms. The average Bonchev–Trinajstić information content (AvgIpc) is 1.74. The Morgan fingerprint density at radius 1 is 0.630 bits per heavy atom. The van der Waals surface area contributed by atoms with Crippen LogP contribution in [0.1, 0.15) is 83.2 Å². The molecule has 0 aliphatic heterocycles. The van der Waals surface area contributed by atoms with Crippen LogP contribution in [0, 0.1) is 40.3 Å². The van der Waals surface area contributed by atoms with Crippen LogP contribution < -0.4 is 11.2 Å². The van der Waals surface area contributed by atoms with Crippen LogP contribution in [0.25, 0.3) is 11.3 Å². The summed E-state index contributed by atoms with van der Waals surface area (Å²) in [4.78, 5) is 91.9. The second-order valence-corrected chi connectivity index (χ2v) is 23.2. The first kappa shape index (κ1) is 88.6. The highest BCUT2D eigenvalue weighted by molar-refractivity contribution is 9.11. The summed E-state index contributed by atoms with van der Waals surface area (Å²) in [5.74, 6) is -6.91. The molecule has 1 amide bonds. The standard InChI is InChI=1S/C12H10BrFN2O2.C9H9BrFNO2.C8H5Br2FO.C8H7BrFNO.C8H6BrFO.C7H4BrFO2.C5H9NO2S.C2H7NO.ClH/c1-2-18-12(17)11-15-6-10(16-11)8-4-3-7(13)5-9(8)14;1-12(14-2)9(13)7-4-3-6(10)5-8(7)11;9-4-8(12)6-2-1-5(10)3-7(6)11;9-5-1-2-6(7(10)3-5)8(12)4-11;1-5(11)7-3-2-6(9)4-8(7)10;8-4-1-2-5(7(10)11)6(9)3-4;1-3-8-5(7)4(6)9-2;1-3-4-2;/h3-6H,2H2,1H3,(H,15,16);3-5H,1-2H3;1-3H,4H2;1-3H,4,11H2;2-4H,1H3;1-3H,(H,10,11);6H,3H2,1-2H3;3H,1-2H3;1H. The molecule has 0 radical (unpaired) electrons. The van der Waals surface area contributed by atoms with Gasteiger partial charge in [0.1, 0.15) is 34.9 Å². The van der Waals surface area contributed by atoms with E-state index in [-0.39, 0.29) is 86.9 Å². The van der Waals surface area contributed by atoms with Crippen LogP contribution in [0.4, 0.5) is 26.3 Å². The quantitative estimate of drug-likeness (QED) is 0.0137. The summed E-state index contributed by atoms with van der Waals surface area (Å²) in [7, 11) is 6.04. The van der Waals surface area contributed by atoms with Crippen molar-refractivity contribution in [2.75, 3.05) is 59.7 Å². The number of esters is 2. The van der Waals surface area contributed by atoms with E-state index in [1.54, 1.807) is 70.7 Å². The number of alkyl halides is 1. The second-order valence-electron chi connectivity index (χ2n) is 16.3. The van der Waals surface area contributed by atoms with Gasteiger partial charge in [-0.15, -0.1) is 24.2 Å². The topological polar surface area (TPSA) is 270 Å². The number of carbonyl (C=O) groups is 7. The maximum Gasteiger partial charge on any atom is 0.374 e. The van der Waals surface area contributed by atoms with Gasteiger partial charge in [-0.05, 0) is 136 Å². The number of hydrogen-bond donors (Lipinski definition) is 5. The molecule has 0 saturated heterocycles. The van der Waals surface area contributed by atoms with E-state index in [1.807, 2.05) is 0 Å². The van der Waals surface area contributed by atoms with Crippen molar-refractivity contribution in [2.45, 2.75) is 20.8 Å². The van der Waals surface area contributed by atoms with Crippen molar-refractivity contribution in [3.05, 3.63) is 211 Å². The maximum atomic E-state index is 13.7. The first-order chi connectivity index (χ1) is 42.8. The molecular weight excluding hydrogens is 1730 g/mol. The predicted octanol–water partition coefficient (Wildman–Crippen LogP) is 16.4. The molecule has 6 N–H and O–H groups in total. The molecule has 500 valence electrons. The van der Waals surface area contributed by atoms with Gasteiger partial charge in [0.2, 0.25) is 5.82 Å². The highest BCUT2D eigenvalue weighted by Gasteiger charge is 2.18. The molecule has 7 rings (SSSR count). The highest BCUT2D eigenvalue weighted by Crippen LogP contribution is 2.25. The number of hydrogen-bond acceptors (Lipinski definition) is 16. The Bertz CT molecular complexity index is 3460. The van der Waals surface area contributed by atoms with Crippen molar-refractivity contribution < 1.29 is 84.2 Å². The number of nitrogens with one attached hydrogen (secondary N) is 3. The third-order valence-corrected chi connectivity index (χ3v) is 14.1. The molecule has 1 aromatic heterocycles. The van der Waals surface area contributed by atoms with Gasteiger partial charge >= 0.3 is 17.9 Å². The monoisotopic (exact) mass is 1780 g/mol. The number of ether oxygens (including phenoxy) is 2. The first-order valence-corrected chi connectivity index (χ1v) is 32.2. The molecule has 0 bridgehead atoms. The maximum absolute atomic E-state index is 13.7. The van der Waals surface area contributed by atoms with Crippen molar-refractivity contribution in [1.82, 2.24) is 20.5 Å². The number of benzene rings is 6. The van der Waals surface area contributed by atoms with E-state index in [1.165, 1.54) is 94.0 Å². The molecule has 0 fully saturated rings. The summed E-state index contributed by atoms with van der Waals surface area (Å²) in [6.45, 7) is 5.19. The van der Waals surface area contributed by atoms with E-state index in [0.717, 1.165) is 22.9 Å². The van der Waals surface area contributed by atoms with Gasteiger partial charge in [-0.1, -0.05) is 112 Å². The smallest absolute Gasteiger partial charge is 0.374 e. The number of halogens is 14. The number of carboxylic acids is 1. The van der Waals surface area contributed by atoms with Gasteiger partial charge in [0, 0.05) is 46.5 Å². The average molecular weight is 1780 g/mol. The van der Waals surface area contributed by atoms with Gasteiger partial charge in [0.15, 0.2) is 22.4 Å². The first-order valence-electron chi connectivity index (χ1n) is 25.1. The zero-order valence-electron chi connectivity index (χ0n) is 49.4. The van der Waals surface area contributed by atoms with Crippen LogP contribution in [0.15, 0.2) is 142 Å². The largest absolute Gasteiger partial charge is 0.478 e. The van der Waals surface area contributed by atoms with E-state index in [2.05, 4.69) is 141 Å². The molecule has 7 aromatic rings. The Hall–Kier alpha value is -5.49. The van der Waals surface area contributed by atoms with Crippen molar-refractivity contribution in [3.63, 3.8) is 0 Å². The van der Waals surface area contributed by atoms with Crippen LogP contribution in [0.2, 0.25) is 0 Å². The van der Waals surface area contributed by atoms with Gasteiger partial charge in [-0.25, -0.2) is 56.3 Å². The normalized spacial score (nSPS) is 9.63. The third-order valence-electron chi connectivity index (χ3n) is 10.1. The summed E-state index contributed by atoms with van der Waals surface area (Å²) in [6, 6.07) is 25.7. The number of rotatable bonds is 13. The van der Waals surface area contributed by atoms with Crippen LogP contribution in [-0.4, -0.2) is 126 Å². The number of thioether (sulfide) groups is 1. The molecule has 0 unspecified atom stereocenters. The molecule has 18 nitrogen and oxygen atoms in total. The summed E-state index contributed by atoms with van der Waals surface area (Å²) in [6.07, 6.45) is 3.07. The lowest BCUT2D eigenvalue weighted by Crippen LogP contribution is -2.26. The van der Waals surface area contributed by atoms with Gasteiger partial charge in [0.05, 0.1) is 79.0 Å². The molecule has 0 aliphatic carbocycles. The van der Waals surface area contributed by atoms with Crippen LogP contribution >= 0.6 is 136 Å². The lowest BCUT2D eigenvalue weighted by molar-refractivity contribution is -0.134. The fourth-order valence-electron chi connectivity index (χ4n) is 5.72. The summed E-state index contributed by atoms with van der Waals surface area (Å²) >= 11 is 22.6. The van der Waals surface area contributed by atoms with E-state index < -0.39 is 58.7 Å². The summed E-state index contributed by atoms with van der Waals surface area (Å²) in [5.41, 5.74) is 8.26. The number of nitrogens with zero attached hydrogens (tertiary/aromatic N) is 2. The minimum absolute atomic E-state index is 0. The number of nitrogens with two attached hydrogens (primary N) is 1. The minimum Gasteiger partial charge on any atom is -0.478 e. The molecule has 6 aromatic carbocycles. The fourth-order valence-corrected chi connectivity index (χ4v) is 8.24. The van der Waals surface area contributed by atoms with Crippen molar-refractivity contribution >= 4 is 182 Å². The molecule has 33 heteroatoms. The van der Waals surface area contributed by atoms with E-state index >= 15 is 0 Å². The Labute approximate surface area is 595 Å². The summed E-state index contributed by atoms with van der Waals surface area (Å²) in [5, 5.41) is 16.4. The third kappa shape index (κ3) is 33.6. The number of amides is 1. The van der Waals surface area contributed by atoms with Crippen LogP contribution in [0.3, 0.4) is 0 Å². The van der Waals surface area contributed by atoms with E-state index in [4.69, 9.17) is 21.0 Å². The number of H-pyrrole nitrogens is 1. The number of aromatic nitrogens is 2. The van der Waals surface area contributed by atoms with Gasteiger partial charge in [-0.3, -0.25) is 29.4 Å². The lowest BCUT2D eigenvalue weighted by Gasteiger charge is -2.13. The van der Waals surface area contributed by atoms with Crippen molar-refractivity contribution in [1.29, 1.82) is 5.41 Å². The Balaban J connectivity index is 0. The number of hydroxylamine groups is 3. The molecule has 0 spiro atoms. The zero-order chi connectivity index (χ0) is 69.7. The molecule has 0 saturated carbocycles. The predicted molar refractivity (Wildman–Crippen MR) is 367 cm³/mol. The van der Waals surface area contributed by atoms with Gasteiger partial charge in [0.25, 0.3) is 5.91 Å². The highest BCUT2D eigenvalue weighted by atomic mass is 79.9. The molecule has 1 heterocycles. The van der Waals surface area contributed by atoms with Crippen molar-refractivity contribution in [3.8, 4) is 11.3 Å². The lowest BCUT2D eigenvalue weighted by atomic mass is 10.1. The van der Waals surface area contributed by atoms with Crippen LogP contribution in [0.5, 0.6) is 0 Å². The minimum atomic E-state index is -1.25. The Morgan fingerprint density at radius 2 is 1.00 bits per heavy atom. The Kier molecular flexibility index (Phi) is 46.4. The molecule has 0 aliphatic rings. The SMILES string of the molecule is CC(=O)c1ccc(Br)cc1F.CCOC(=O)C(=N)SC.CCOC(=O)c1ncc(-c2ccc(Br)cc2F)[nH]1.CNOC.CON(C)C(=O)c1ccc(Br)cc1F.Cl.NCC(=O)c1ccc(Br)cc1F.O=C(CBr)c1ccc(Br)cc1F.O=C(O)c1ccc(Br)cc1F. The number of carbonyl (C=O) groups excluding carboxylic acids is 6. The van der Waals surface area contributed by atoms with Gasteiger partial charge in [-0.2, -0.15) is 0 Å². The number of aromatic amines is 1. The summed E-state index contributed by atoms with van der Waals surface area (Å²) < 4.78 is 91.4. The number of imidazole rings is 1. The number of ketones is 3. The number of aromatic carboxylic acids is 1. The molecular formula is C59H58Br7ClF6N6O12S. The fraction of sp³-hybridized carbons (Fsp3) is 0.203. The van der Waals surface area contributed by atoms with Gasteiger partial charge < -0.3 is 30.1 Å². The second kappa shape index (κ2) is 48.2. The number of Topliss-reactive ketones (excluding diaryl/α,β-unsaturated/α-hetero) is 3. The Morgan fingerprint density at radius 3 is 1.33 bits per heavy atom. The zero-order valence-corrected chi connectivity index (χ0v) is 62.2.